The summed E-state index contributed by atoms with van der Waals surface area (Å²) in [7, 11) is 1.63. The highest BCUT2D eigenvalue weighted by atomic mass is 19.1. The Morgan fingerprint density at radius 1 is 1.07 bits per heavy atom. The van der Waals surface area contributed by atoms with E-state index in [1.54, 1.807) is 26.2 Å². The van der Waals surface area contributed by atoms with Gasteiger partial charge in [0.25, 0.3) is 5.91 Å². The van der Waals surface area contributed by atoms with E-state index in [0.717, 1.165) is 17.9 Å². The summed E-state index contributed by atoms with van der Waals surface area (Å²) in [5.41, 5.74) is 1.89. The molecule has 0 atom stereocenters. The molecule has 28 heavy (non-hydrogen) atoms. The van der Waals surface area contributed by atoms with Crippen molar-refractivity contribution in [1.82, 2.24) is 16.0 Å². The summed E-state index contributed by atoms with van der Waals surface area (Å²) in [6, 6.07) is 12.2. The molecule has 2 aromatic carbocycles. The van der Waals surface area contributed by atoms with Crippen LogP contribution in [0.15, 0.2) is 47.5 Å². The monoisotopic (exact) mass is 386 g/mol. The first-order chi connectivity index (χ1) is 13.5. The second-order valence-corrected chi connectivity index (χ2v) is 6.19. The second-order valence-electron chi connectivity index (χ2n) is 6.19. The number of methoxy groups -OCH3 is 1. The molecule has 0 spiro atoms. The molecule has 0 unspecified atom stereocenters. The molecule has 0 fully saturated rings. The van der Waals surface area contributed by atoms with Crippen molar-refractivity contribution < 1.29 is 13.9 Å². The average molecular weight is 386 g/mol. The lowest BCUT2D eigenvalue weighted by molar-refractivity contribution is 0.0954. The maximum atomic E-state index is 13.6. The van der Waals surface area contributed by atoms with Gasteiger partial charge in [-0.2, -0.15) is 0 Å². The number of guanidine groups is 1. The average Bonchev–Trinajstić information content (AvgIpc) is 2.71. The molecule has 0 radical (unpaired) electrons. The number of nitrogens with one attached hydrogen (secondary N) is 3. The maximum absolute atomic E-state index is 13.6. The first-order valence-corrected chi connectivity index (χ1v) is 9.23. The van der Waals surface area contributed by atoms with E-state index >= 15 is 0 Å². The van der Waals surface area contributed by atoms with Gasteiger partial charge in [0.05, 0.1) is 13.7 Å². The number of hydrogen-bond acceptors (Lipinski definition) is 3. The molecule has 0 aliphatic rings. The number of hydrogen-bond donors (Lipinski definition) is 3. The summed E-state index contributed by atoms with van der Waals surface area (Å²) in [6.45, 7) is 5.78. The van der Waals surface area contributed by atoms with Crippen LogP contribution in [0.5, 0.6) is 5.75 Å². The number of halogens is 1. The quantitative estimate of drug-likeness (QED) is 0.370. The summed E-state index contributed by atoms with van der Waals surface area (Å²) < 4.78 is 18.7. The Morgan fingerprint density at radius 2 is 1.79 bits per heavy atom. The highest BCUT2D eigenvalue weighted by Gasteiger charge is 2.07. The molecule has 0 saturated carbocycles. The van der Waals surface area contributed by atoms with Crippen LogP contribution >= 0.6 is 0 Å². The van der Waals surface area contributed by atoms with Gasteiger partial charge in [0.2, 0.25) is 0 Å². The molecule has 0 bridgehead atoms. The van der Waals surface area contributed by atoms with E-state index in [9.17, 15) is 9.18 Å². The van der Waals surface area contributed by atoms with Gasteiger partial charge in [-0.3, -0.25) is 4.79 Å². The van der Waals surface area contributed by atoms with Gasteiger partial charge in [0.1, 0.15) is 11.6 Å². The van der Waals surface area contributed by atoms with Gasteiger partial charge < -0.3 is 20.7 Å². The molecule has 2 aromatic rings. The lowest BCUT2D eigenvalue weighted by Gasteiger charge is -2.12. The van der Waals surface area contributed by atoms with Crippen LogP contribution < -0.4 is 20.7 Å². The van der Waals surface area contributed by atoms with Crippen LogP contribution in [0.3, 0.4) is 0 Å². The van der Waals surface area contributed by atoms with E-state index in [0.29, 0.717) is 36.7 Å². The standard InChI is InChI=1S/C21H27FN4O2/c1-4-23-21(26-14-16-6-9-18(28-3)10-7-16)25-12-11-24-20(27)17-8-5-15(2)19(22)13-17/h5-10,13H,4,11-12,14H2,1-3H3,(H,24,27)(H2,23,25,26). The van der Waals surface area contributed by atoms with E-state index in [1.165, 1.54) is 6.07 Å². The fourth-order valence-electron chi connectivity index (χ4n) is 2.44. The lowest BCUT2D eigenvalue weighted by atomic mass is 10.1. The first kappa shape index (κ1) is 21.2. The third-order valence-corrected chi connectivity index (χ3v) is 4.06. The number of aryl methyl sites for hydroxylation is 1. The smallest absolute Gasteiger partial charge is 0.251 e. The Labute approximate surface area is 165 Å². The van der Waals surface area contributed by atoms with Crippen LogP contribution in [0.2, 0.25) is 0 Å². The van der Waals surface area contributed by atoms with Crippen molar-refractivity contribution >= 4 is 11.9 Å². The maximum Gasteiger partial charge on any atom is 0.251 e. The number of carbonyl (C=O) groups excluding carboxylic acids is 1. The van der Waals surface area contributed by atoms with E-state index in [4.69, 9.17) is 4.74 Å². The number of carbonyl (C=O) groups is 1. The third-order valence-electron chi connectivity index (χ3n) is 4.06. The zero-order chi connectivity index (χ0) is 20.4. The van der Waals surface area contributed by atoms with Gasteiger partial charge in [-0.15, -0.1) is 0 Å². The predicted octanol–water partition coefficient (Wildman–Crippen LogP) is 2.63. The number of nitrogens with zero attached hydrogens (tertiary/aromatic N) is 1. The van der Waals surface area contributed by atoms with Crippen molar-refractivity contribution in [3.8, 4) is 5.75 Å². The van der Waals surface area contributed by atoms with Crippen molar-refractivity contribution in [2.75, 3.05) is 26.7 Å². The van der Waals surface area contributed by atoms with Crippen LogP contribution in [0, 0.1) is 12.7 Å². The van der Waals surface area contributed by atoms with Gasteiger partial charge in [0, 0.05) is 25.2 Å². The highest BCUT2D eigenvalue weighted by Crippen LogP contribution is 2.12. The van der Waals surface area contributed by atoms with Crippen molar-refractivity contribution in [2.45, 2.75) is 20.4 Å². The number of ether oxygens (including phenoxy) is 1. The Balaban J connectivity index is 1.81. The van der Waals surface area contributed by atoms with Crippen molar-refractivity contribution in [2.24, 2.45) is 4.99 Å². The number of amides is 1. The van der Waals surface area contributed by atoms with Crippen molar-refractivity contribution in [3.63, 3.8) is 0 Å². The molecule has 7 heteroatoms. The molecule has 3 N–H and O–H groups in total. The molecule has 150 valence electrons. The minimum Gasteiger partial charge on any atom is -0.497 e. The number of benzene rings is 2. The van der Waals surface area contributed by atoms with E-state index in [1.807, 2.05) is 31.2 Å². The molecule has 0 aromatic heterocycles. The Kier molecular flexibility index (Phi) is 8.27. The summed E-state index contributed by atoms with van der Waals surface area (Å²) in [6.07, 6.45) is 0. The minimum absolute atomic E-state index is 0.305. The number of rotatable bonds is 8. The third kappa shape index (κ3) is 6.57. The van der Waals surface area contributed by atoms with Gasteiger partial charge in [0.15, 0.2) is 5.96 Å². The summed E-state index contributed by atoms with van der Waals surface area (Å²) in [5, 5.41) is 9.09. The molecular weight excluding hydrogens is 359 g/mol. The van der Waals surface area contributed by atoms with Crippen LogP contribution in [0.1, 0.15) is 28.4 Å². The largest absolute Gasteiger partial charge is 0.497 e. The molecule has 0 aliphatic carbocycles. The van der Waals surface area contributed by atoms with Crippen molar-refractivity contribution in [3.05, 3.63) is 65.0 Å². The Hall–Kier alpha value is -3.09. The van der Waals surface area contributed by atoms with E-state index in [2.05, 4.69) is 20.9 Å². The van der Waals surface area contributed by atoms with Crippen LogP contribution in [-0.2, 0) is 6.54 Å². The Morgan fingerprint density at radius 3 is 2.43 bits per heavy atom. The number of aliphatic imine (C=N–C) groups is 1. The lowest BCUT2D eigenvalue weighted by Crippen LogP contribution is -2.41. The normalized spacial score (nSPS) is 11.1. The van der Waals surface area contributed by atoms with Gasteiger partial charge in [-0.25, -0.2) is 9.38 Å². The summed E-state index contributed by atoms with van der Waals surface area (Å²) in [4.78, 5) is 16.6. The first-order valence-electron chi connectivity index (χ1n) is 9.23. The van der Waals surface area contributed by atoms with Gasteiger partial charge in [-0.05, 0) is 49.2 Å². The minimum atomic E-state index is -0.383. The molecule has 1 amide bonds. The summed E-state index contributed by atoms with van der Waals surface area (Å²) >= 11 is 0. The van der Waals surface area contributed by atoms with Gasteiger partial charge >= 0.3 is 0 Å². The Bertz CT molecular complexity index is 807. The van der Waals surface area contributed by atoms with Crippen LogP contribution in [0.4, 0.5) is 4.39 Å². The highest BCUT2D eigenvalue weighted by molar-refractivity contribution is 5.94. The summed E-state index contributed by atoms with van der Waals surface area (Å²) in [5.74, 6) is 0.780. The SMILES string of the molecule is CCNC(=NCc1ccc(OC)cc1)NCCNC(=O)c1ccc(C)c(F)c1. The zero-order valence-corrected chi connectivity index (χ0v) is 16.5. The fraction of sp³-hybridized carbons (Fsp3) is 0.333. The van der Waals surface area contributed by atoms with Gasteiger partial charge in [-0.1, -0.05) is 18.2 Å². The second kappa shape index (κ2) is 10.9. The molecule has 0 heterocycles. The van der Waals surface area contributed by atoms with Crippen LogP contribution in [-0.4, -0.2) is 38.6 Å². The fourth-order valence-corrected chi connectivity index (χ4v) is 2.44. The molecule has 2 rings (SSSR count). The molecule has 0 saturated heterocycles. The molecular formula is C21H27FN4O2. The molecule has 0 aliphatic heterocycles. The van der Waals surface area contributed by atoms with E-state index < -0.39 is 0 Å². The van der Waals surface area contributed by atoms with Crippen LogP contribution in [0.25, 0.3) is 0 Å². The van der Waals surface area contributed by atoms with E-state index in [-0.39, 0.29) is 11.7 Å². The topological polar surface area (TPSA) is 74.8 Å². The van der Waals surface area contributed by atoms with Crippen molar-refractivity contribution in [1.29, 1.82) is 0 Å². The zero-order valence-electron chi connectivity index (χ0n) is 16.5. The molecule has 6 nitrogen and oxygen atoms in total. The predicted molar refractivity (Wildman–Crippen MR) is 109 cm³/mol.